The largest absolute Gasteiger partial charge is 0.384 e. The van der Waals surface area contributed by atoms with Gasteiger partial charge in [0.15, 0.2) is 0 Å². The molecule has 1 aliphatic heterocycles. The summed E-state index contributed by atoms with van der Waals surface area (Å²) in [5.74, 6) is 0.658. The Kier molecular flexibility index (Phi) is 4.03. The summed E-state index contributed by atoms with van der Waals surface area (Å²) in [7, 11) is 1.72. The minimum atomic E-state index is 0.0770. The zero-order chi connectivity index (χ0) is 12.1. The van der Waals surface area contributed by atoms with Crippen molar-refractivity contribution in [3.8, 4) is 0 Å². The Balaban J connectivity index is 1.78. The highest BCUT2D eigenvalue weighted by molar-refractivity contribution is 5.75. The van der Waals surface area contributed by atoms with Crippen molar-refractivity contribution in [1.29, 1.82) is 0 Å². The molecule has 0 atom stereocenters. The van der Waals surface area contributed by atoms with Crippen LogP contribution < -0.4 is 0 Å². The molecule has 17 heavy (non-hydrogen) atoms. The fraction of sp³-hybridized carbons (Fsp3) is 0.800. The number of amides is 1. The fourth-order valence-electron chi connectivity index (χ4n) is 2.08. The summed E-state index contributed by atoms with van der Waals surface area (Å²) >= 11 is 0. The second-order valence-electron chi connectivity index (χ2n) is 4.29. The van der Waals surface area contributed by atoms with Crippen LogP contribution in [0.2, 0.25) is 0 Å². The summed E-state index contributed by atoms with van der Waals surface area (Å²) in [6.07, 6.45) is 3.47. The first-order chi connectivity index (χ1) is 8.29. The lowest BCUT2D eigenvalue weighted by Gasteiger charge is -2.31. The number of aromatic nitrogens is 4. The molecule has 1 aromatic rings. The minimum Gasteiger partial charge on any atom is -0.384 e. The van der Waals surface area contributed by atoms with E-state index in [1.54, 1.807) is 7.11 Å². The molecular formula is C10H17N5O2. The van der Waals surface area contributed by atoms with Crippen LogP contribution in [0, 0.1) is 5.92 Å². The van der Waals surface area contributed by atoms with Crippen LogP contribution in [0.3, 0.4) is 0 Å². The average Bonchev–Trinajstić information content (AvgIpc) is 2.83. The van der Waals surface area contributed by atoms with Crippen molar-refractivity contribution in [3.05, 3.63) is 6.33 Å². The SMILES string of the molecule is COCC1CCN(C(=O)Cn2cnnn2)CC1. The van der Waals surface area contributed by atoms with Crippen LogP contribution in [0.25, 0.3) is 0 Å². The van der Waals surface area contributed by atoms with Gasteiger partial charge in [0.1, 0.15) is 12.9 Å². The molecular weight excluding hydrogens is 222 g/mol. The van der Waals surface area contributed by atoms with Gasteiger partial charge in [-0.3, -0.25) is 4.79 Å². The number of rotatable bonds is 4. The van der Waals surface area contributed by atoms with Gasteiger partial charge in [-0.1, -0.05) is 0 Å². The van der Waals surface area contributed by atoms with E-state index in [4.69, 9.17) is 4.74 Å². The van der Waals surface area contributed by atoms with E-state index in [0.29, 0.717) is 5.92 Å². The average molecular weight is 239 g/mol. The van der Waals surface area contributed by atoms with Gasteiger partial charge in [-0.25, -0.2) is 4.68 Å². The third-order valence-electron chi connectivity index (χ3n) is 3.06. The van der Waals surface area contributed by atoms with Crippen LogP contribution in [0.1, 0.15) is 12.8 Å². The van der Waals surface area contributed by atoms with Crippen LogP contribution in [-0.4, -0.2) is 57.8 Å². The Labute approximate surface area is 99.7 Å². The number of carbonyl (C=O) groups is 1. The number of tetrazole rings is 1. The lowest BCUT2D eigenvalue weighted by atomic mass is 9.98. The van der Waals surface area contributed by atoms with E-state index in [1.165, 1.54) is 11.0 Å². The maximum absolute atomic E-state index is 11.9. The maximum atomic E-state index is 11.9. The second-order valence-corrected chi connectivity index (χ2v) is 4.29. The van der Waals surface area contributed by atoms with Crippen molar-refractivity contribution in [3.63, 3.8) is 0 Å². The Morgan fingerprint density at radius 2 is 2.24 bits per heavy atom. The van der Waals surface area contributed by atoms with E-state index >= 15 is 0 Å². The molecule has 0 N–H and O–H groups in total. The molecule has 1 aromatic heterocycles. The molecule has 0 spiro atoms. The van der Waals surface area contributed by atoms with E-state index < -0.39 is 0 Å². The van der Waals surface area contributed by atoms with Gasteiger partial charge in [0.2, 0.25) is 5.91 Å². The number of carbonyl (C=O) groups excluding carboxylic acids is 1. The Hall–Kier alpha value is -1.50. The van der Waals surface area contributed by atoms with E-state index in [2.05, 4.69) is 15.5 Å². The number of methoxy groups -OCH3 is 1. The molecule has 1 amide bonds. The molecule has 0 unspecified atom stereocenters. The molecule has 0 bridgehead atoms. The van der Waals surface area contributed by atoms with Gasteiger partial charge < -0.3 is 9.64 Å². The van der Waals surface area contributed by atoms with Crippen molar-refractivity contribution in [2.24, 2.45) is 5.92 Å². The summed E-state index contributed by atoms with van der Waals surface area (Å²) in [4.78, 5) is 13.8. The monoisotopic (exact) mass is 239 g/mol. The lowest BCUT2D eigenvalue weighted by Crippen LogP contribution is -2.41. The van der Waals surface area contributed by atoms with E-state index in [0.717, 1.165) is 32.5 Å². The molecule has 1 saturated heterocycles. The van der Waals surface area contributed by atoms with Gasteiger partial charge in [-0.2, -0.15) is 0 Å². The second kappa shape index (κ2) is 5.72. The molecule has 0 saturated carbocycles. The first kappa shape index (κ1) is 12.0. The topological polar surface area (TPSA) is 73.1 Å². The normalized spacial score (nSPS) is 17.4. The third-order valence-corrected chi connectivity index (χ3v) is 3.06. The summed E-state index contributed by atoms with van der Waals surface area (Å²) in [6.45, 7) is 2.61. The standard InChI is InChI=1S/C10H17N5O2/c1-17-7-9-2-4-14(5-3-9)10(16)6-15-8-11-12-13-15/h8-9H,2-7H2,1H3. The summed E-state index contributed by atoms with van der Waals surface area (Å²) in [5.41, 5.74) is 0. The van der Waals surface area contributed by atoms with E-state index in [1.807, 2.05) is 4.90 Å². The van der Waals surface area contributed by atoms with Gasteiger partial charge in [0.05, 0.1) is 0 Å². The molecule has 94 valence electrons. The molecule has 1 fully saturated rings. The molecule has 7 nitrogen and oxygen atoms in total. The quantitative estimate of drug-likeness (QED) is 0.712. The van der Waals surface area contributed by atoms with Gasteiger partial charge in [-0.15, -0.1) is 5.10 Å². The highest BCUT2D eigenvalue weighted by atomic mass is 16.5. The molecule has 0 aliphatic carbocycles. The van der Waals surface area contributed by atoms with Crippen molar-refractivity contribution in [2.45, 2.75) is 19.4 Å². The molecule has 0 aromatic carbocycles. The Morgan fingerprint density at radius 3 is 2.82 bits per heavy atom. The number of hydrogen-bond donors (Lipinski definition) is 0. The number of hydrogen-bond acceptors (Lipinski definition) is 5. The molecule has 0 radical (unpaired) electrons. The highest BCUT2D eigenvalue weighted by Gasteiger charge is 2.22. The lowest BCUT2D eigenvalue weighted by molar-refractivity contribution is -0.133. The number of piperidine rings is 1. The van der Waals surface area contributed by atoms with Crippen molar-refractivity contribution in [1.82, 2.24) is 25.1 Å². The Morgan fingerprint density at radius 1 is 1.47 bits per heavy atom. The van der Waals surface area contributed by atoms with Crippen molar-refractivity contribution < 1.29 is 9.53 Å². The maximum Gasteiger partial charge on any atom is 0.244 e. The van der Waals surface area contributed by atoms with Crippen LogP contribution in [0.4, 0.5) is 0 Å². The van der Waals surface area contributed by atoms with E-state index in [-0.39, 0.29) is 12.5 Å². The van der Waals surface area contributed by atoms with Gasteiger partial charge in [0.25, 0.3) is 0 Å². The number of ether oxygens (including phenoxy) is 1. The highest BCUT2D eigenvalue weighted by Crippen LogP contribution is 2.17. The summed E-state index contributed by atoms with van der Waals surface area (Å²) in [6, 6.07) is 0. The van der Waals surface area contributed by atoms with Crippen molar-refractivity contribution >= 4 is 5.91 Å². The predicted molar refractivity (Wildman–Crippen MR) is 59.0 cm³/mol. The van der Waals surface area contributed by atoms with Gasteiger partial charge in [-0.05, 0) is 29.2 Å². The smallest absolute Gasteiger partial charge is 0.244 e. The van der Waals surface area contributed by atoms with Crippen LogP contribution >= 0.6 is 0 Å². The fourth-order valence-corrected chi connectivity index (χ4v) is 2.08. The first-order valence-corrected chi connectivity index (χ1v) is 5.77. The molecule has 1 aliphatic rings. The van der Waals surface area contributed by atoms with Crippen LogP contribution in [0.15, 0.2) is 6.33 Å². The third kappa shape index (κ3) is 3.23. The minimum absolute atomic E-state index is 0.0770. The Bertz CT molecular complexity index is 346. The predicted octanol–water partition coefficient (Wildman–Crippen LogP) is -0.442. The van der Waals surface area contributed by atoms with Crippen molar-refractivity contribution in [2.75, 3.05) is 26.8 Å². The summed E-state index contributed by atoms with van der Waals surface area (Å²) < 4.78 is 6.58. The molecule has 7 heteroatoms. The zero-order valence-corrected chi connectivity index (χ0v) is 9.95. The van der Waals surface area contributed by atoms with Gasteiger partial charge >= 0.3 is 0 Å². The zero-order valence-electron chi connectivity index (χ0n) is 9.95. The molecule has 2 heterocycles. The van der Waals surface area contributed by atoms with Crippen LogP contribution in [0.5, 0.6) is 0 Å². The molecule has 2 rings (SSSR count). The van der Waals surface area contributed by atoms with E-state index in [9.17, 15) is 4.79 Å². The summed E-state index contributed by atoms with van der Waals surface area (Å²) in [5, 5.41) is 10.7. The number of nitrogens with zero attached hydrogens (tertiary/aromatic N) is 5. The van der Waals surface area contributed by atoms with Gasteiger partial charge in [0, 0.05) is 26.8 Å². The van der Waals surface area contributed by atoms with Crippen LogP contribution in [-0.2, 0) is 16.1 Å². The first-order valence-electron chi connectivity index (χ1n) is 5.77. The number of likely N-dealkylation sites (tertiary alicyclic amines) is 1.